The molecule has 6 heteroatoms. The molecule has 0 unspecified atom stereocenters. The van der Waals surface area contributed by atoms with Crippen LogP contribution in [0.3, 0.4) is 0 Å². The number of rotatable bonds is 8. The Balaban J connectivity index is 1.72. The number of ether oxygens (including phenoxy) is 2. The smallest absolute Gasteiger partial charge is 0.223 e. The monoisotopic (exact) mass is 426 g/mol. The Morgan fingerprint density at radius 2 is 1.90 bits per heavy atom. The number of methoxy groups -OCH3 is 2. The first-order valence-corrected chi connectivity index (χ1v) is 11.1. The van der Waals surface area contributed by atoms with Crippen molar-refractivity contribution in [2.45, 2.75) is 51.2 Å². The maximum Gasteiger partial charge on any atom is 0.223 e. The highest BCUT2D eigenvalue weighted by molar-refractivity contribution is 5.81. The number of amides is 1. The van der Waals surface area contributed by atoms with Gasteiger partial charge in [0.05, 0.1) is 20.3 Å². The fraction of sp³-hybridized carbons (Fsp3) is 0.480. The lowest BCUT2D eigenvalue weighted by molar-refractivity contribution is -0.123. The topological polar surface area (TPSA) is 50.8 Å². The minimum Gasteiger partial charge on any atom is -0.493 e. The second-order valence-corrected chi connectivity index (χ2v) is 8.46. The van der Waals surface area contributed by atoms with Gasteiger partial charge in [-0.05, 0) is 55.0 Å². The van der Waals surface area contributed by atoms with Crippen molar-refractivity contribution >= 4 is 5.91 Å². The summed E-state index contributed by atoms with van der Waals surface area (Å²) < 4.78 is 25.5. The number of hydrogen-bond donors (Lipinski definition) is 1. The van der Waals surface area contributed by atoms with E-state index in [1.165, 1.54) is 11.6 Å². The molecule has 166 valence electrons. The molecular formula is C25H31FN2O3. The van der Waals surface area contributed by atoms with Crippen LogP contribution in [-0.4, -0.2) is 37.6 Å². The number of nitrogens with one attached hydrogen (secondary N) is 1. The first-order valence-electron chi connectivity index (χ1n) is 11.1. The van der Waals surface area contributed by atoms with E-state index in [1.54, 1.807) is 20.3 Å². The molecule has 2 aliphatic rings. The van der Waals surface area contributed by atoms with Crippen LogP contribution in [0.15, 0.2) is 36.4 Å². The SMILES string of the molecule is CC[C@H](NC(=O)C1CC1)[C@H]1c2cc(OC)c(OC)cc2CCN1Cc1ccccc1F. The molecule has 1 N–H and O–H groups in total. The number of hydrogen-bond acceptors (Lipinski definition) is 4. The fourth-order valence-electron chi connectivity index (χ4n) is 4.57. The molecule has 1 amide bonds. The van der Waals surface area contributed by atoms with Gasteiger partial charge >= 0.3 is 0 Å². The molecule has 2 aromatic carbocycles. The third-order valence-corrected chi connectivity index (χ3v) is 6.45. The normalized spacial score (nSPS) is 19.4. The summed E-state index contributed by atoms with van der Waals surface area (Å²) >= 11 is 0. The summed E-state index contributed by atoms with van der Waals surface area (Å²) in [5.41, 5.74) is 2.97. The number of halogens is 1. The second kappa shape index (κ2) is 9.27. The number of nitrogens with zero attached hydrogens (tertiary/aromatic N) is 1. The van der Waals surface area contributed by atoms with E-state index in [-0.39, 0.29) is 29.7 Å². The van der Waals surface area contributed by atoms with Gasteiger partial charge in [-0.25, -0.2) is 4.39 Å². The number of benzene rings is 2. The predicted molar refractivity (Wildman–Crippen MR) is 118 cm³/mol. The summed E-state index contributed by atoms with van der Waals surface area (Å²) in [7, 11) is 3.27. The van der Waals surface area contributed by atoms with Gasteiger partial charge in [0.2, 0.25) is 5.91 Å². The standard InChI is InChI=1S/C25H31FN2O3/c1-4-21(27-25(29)16-9-10-16)24-19-14-23(31-3)22(30-2)13-17(19)11-12-28(24)15-18-7-5-6-8-20(18)26/h5-8,13-14,16,21,24H,4,9-12,15H2,1-3H3,(H,27,29)/t21-,24+/m0/s1. The van der Waals surface area contributed by atoms with E-state index < -0.39 is 0 Å². The number of fused-ring (bicyclic) bond motifs is 1. The molecule has 2 atom stereocenters. The molecular weight excluding hydrogens is 395 g/mol. The zero-order valence-corrected chi connectivity index (χ0v) is 18.5. The summed E-state index contributed by atoms with van der Waals surface area (Å²) in [5, 5.41) is 3.29. The average molecular weight is 427 g/mol. The Hall–Kier alpha value is -2.60. The maximum atomic E-state index is 14.5. The molecule has 1 aliphatic carbocycles. The molecule has 0 spiro atoms. The van der Waals surface area contributed by atoms with Gasteiger partial charge in [0.25, 0.3) is 0 Å². The quantitative estimate of drug-likeness (QED) is 0.686. The van der Waals surface area contributed by atoms with Crippen molar-refractivity contribution in [2.24, 2.45) is 5.92 Å². The van der Waals surface area contributed by atoms with Crippen LogP contribution in [0, 0.1) is 11.7 Å². The van der Waals surface area contributed by atoms with E-state index in [0.717, 1.165) is 37.8 Å². The van der Waals surface area contributed by atoms with Crippen LogP contribution in [0.25, 0.3) is 0 Å². The van der Waals surface area contributed by atoms with Gasteiger partial charge in [-0.3, -0.25) is 9.69 Å². The molecule has 0 radical (unpaired) electrons. The largest absolute Gasteiger partial charge is 0.493 e. The number of carbonyl (C=O) groups excluding carboxylic acids is 1. The van der Waals surface area contributed by atoms with Crippen LogP contribution in [0.1, 0.15) is 48.9 Å². The van der Waals surface area contributed by atoms with Crippen LogP contribution < -0.4 is 14.8 Å². The second-order valence-electron chi connectivity index (χ2n) is 8.46. The van der Waals surface area contributed by atoms with Crippen molar-refractivity contribution in [2.75, 3.05) is 20.8 Å². The summed E-state index contributed by atoms with van der Waals surface area (Å²) in [6.45, 7) is 3.35. The van der Waals surface area contributed by atoms with Gasteiger partial charge in [-0.2, -0.15) is 0 Å². The lowest BCUT2D eigenvalue weighted by atomic mass is 9.86. The van der Waals surface area contributed by atoms with Gasteiger partial charge < -0.3 is 14.8 Å². The third kappa shape index (κ3) is 4.54. The lowest BCUT2D eigenvalue weighted by Gasteiger charge is -2.42. The van der Waals surface area contributed by atoms with Gasteiger partial charge in [0.1, 0.15) is 5.82 Å². The molecule has 2 aromatic rings. The van der Waals surface area contributed by atoms with E-state index in [0.29, 0.717) is 23.6 Å². The Morgan fingerprint density at radius 1 is 1.19 bits per heavy atom. The van der Waals surface area contributed by atoms with Gasteiger partial charge in [-0.1, -0.05) is 25.1 Å². The molecule has 1 fully saturated rings. The Bertz CT molecular complexity index is 944. The molecule has 1 saturated carbocycles. The van der Waals surface area contributed by atoms with Crippen LogP contribution in [0.2, 0.25) is 0 Å². The van der Waals surface area contributed by atoms with Crippen molar-refractivity contribution in [1.29, 1.82) is 0 Å². The van der Waals surface area contributed by atoms with Gasteiger partial charge in [-0.15, -0.1) is 0 Å². The van der Waals surface area contributed by atoms with Crippen molar-refractivity contribution in [1.82, 2.24) is 10.2 Å². The highest BCUT2D eigenvalue weighted by atomic mass is 19.1. The van der Waals surface area contributed by atoms with E-state index in [4.69, 9.17) is 9.47 Å². The summed E-state index contributed by atoms with van der Waals surface area (Å²) in [6.07, 6.45) is 3.54. The lowest BCUT2D eigenvalue weighted by Crippen LogP contribution is -2.49. The third-order valence-electron chi connectivity index (χ3n) is 6.45. The van der Waals surface area contributed by atoms with E-state index in [9.17, 15) is 9.18 Å². The highest BCUT2D eigenvalue weighted by Crippen LogP contribution is 2.41. The van der Waals surface area contributed by atoms with Crippen LogP contribution in [0.5, 0.6) is 11.5 Å². The fourth-order valence-corrected chi connectivity index (χ4v) is 4.57. The molecule has 0 saturated heterocycles. The Labute approximate surface area is 183 Å². The van der Waals surface area contributed by atoms with Crippen molar-refractivity contribution in [3.63, 3.8) is 0 Å². The number of carbonyl (C=O) groups is 1. The first-order chi connectivity index (χ1) is 15.0. The molecule has 31 heavy (non-hydrogen) atoms. The zero-order chi connectivity index (χ0) is 22.0. The van der Waals surface area contributed by atoms with Crippen LogP contribution in [-0.2, 0) is 17.8 Å². The van der Waals surface area contributed by atoms with Crippen LogP contribution in [0.4, 0.5) is 4.39 Å². The van der Waals surface area contributed by atoms with E-state index in [2.05, 4.69) is 17.1 Å². The molecule has 5 nitrogen and oxygen atoms in total. The first kappa shape index (κ1) is 21.6. The Kier molecular flexibility index (Phi) is 6.46. The molecule has 4 rings (SSSR count). The zero-order valence-electron chi connectivity index (χ0n) is 18.5. The molecule has 1 aliphatic heterocycles. The Morgan fingerprint density at radius 3 is 2.55 bits per heavy atom. The van der Waals surface area contributed by atoms with E-state index >= 15 is 0 Å². The summed E-state index contributed by atoms with van der Waals surface area (Å²) in [5.74, 6) is 1.45. The maximum absolute atomic E-state index is 14.5. The summed E-state index contributed by atoms with van der Waals surface area (Å²) in [4.78, 5) is 14.9. The van der Waals surface area contributed by atoms with Crippen molar-refractivity contribution < 1.29 is 18.7 Å². The highest BCUT2D eigenvalue weighted by Gasteiger charge is 2.38. The van der Waals surface area contributed by atoms with Crippen LogP contribution >= 0.6 is 0 Å². The predicted octanol–water partition coefficient (Wildman–Crippen LogP) is 4.25. The molecule has 0 bridgehead atoms. The van der Waals surface area contributed by atoms with Crippen molar-refractivity contribution in [3.8, 4) is 11.5 Å². The average Bonchev–Trinajstić information content (AvgIpc) is 3.63. The minimum atomic E-state index is -0.200. The van der Waals surface area contributed by atoms with Crippen molar-refractivity contribution in [3.05, 3.63) is 58.9 Å². The minimum absolute atomic E-state index is 0.0722. The van der Waals surface area contributed by atoms with Gasteiger partial charge in [0.15, 0.2) is 11.5 Å². The van der Waals surface area contributed by atoms with Gasteiger partial charge in [0, 0.05) is 30.6 Å². The molecule has 0 aromatic heterocycles. The summed E-state index contributed by atoms with van der Waals surface area (Å²) in [6, 6.07) is 10.8. The van der Waals surface area contributed by atoms with E-state index in [1.807, 2.05) is 24.3 Å². The molecule has 1 heterocycles.